The Morgan fingerprint density at radius 2 is 2.22 bits per heavy atom. The average molecular weight is 252 g/mol. The van der Waals surface area contributed by atoms with E-state index in [2.05, 4.69) is 31.1 Å². The maximum Gasteiger partial charge on any atom is 0.394 e. The van der Waals surface area contributed by atoms with E-state index in [1.807, 2.05) is 0 Å². The molecule has 1 aromatic heterocycles. The van der Waals surface area contributed by atoms with Gasteiger partial charge in [0, 0.05) is 12.6 Å². The molecule has 18 heavy (non-hydrogen) atoms. The van der Waals surface area contributed by atoms with Crippen LogP contribution in [-0.2, 0) is 6.54 Å². The third-order valence-corrected chi connectivity index (χ3v) is 3.51. The molecule has 1 fully saturated rings. The van der Waals surface area contributed by atoms with Crippen molar-refractivity contribution in [3.63, 3.8) is 0 Å². The molecule has 0 aliphatic heterocycles. The molecule has 0 bridgehead atoms. The van der Waals surface area contributed by atoms with Gasteiger partial charge in [0.2, 0.25) is 0 Å². The molecule has 102 valence electrons. The number of nitrogens with zero attached hydrogens (tertiary/aromatic N) is 1. The largest absolute Gasteiger partial charge is 0.447 e. The number of rotatable bonds is 5. The van der Waals surface area contributed by atoms with Crippen LogP contribution in [0.3, 0.4) is 0 Å². The predicted octanol–water partition coefficient (Wildman–Crippen LogP) is 3.13. The molecule has 1 saturated carbocycles. The maximum absolute atomic E-state index is 5.85. The second kappa shape index (κ2) is 6.23. The highest BCUT2D eigenvalue weighted by atomic mass is 16.6. The lowest BCUT2D eigenvalue weighted by Crippen LogP contribution is -2.28. The van der Waals surface area contributed by atoms with Gasteiger partial charge in [-0.05, 0) is 25.2 Å². The van der Waals surface area contributed by atoms with Crippen molar-refractivity contribution in [3.05, 3.63) is 12.0 Å². The molecule has 2 unspecified atom stereocenters. The lowest BCUT2D eigenvalue weighted by atomic mass is 9.88. The first-order valence-corrected chi connectivity index (χ1v) is 6.99. The maximum atomic E-state index is 5.85. The van der Waals surface area contributed by atoms with Gasteiger partial charge in [0.05, 0.1) is 5.69 Å². The first kappa shape index (κ1) is 13.4. The molecular formula is C14H24N2O2. The summed E-state index contributed by atoms with van der Waals surface area (Å²) in [7, 11) is 0. The van der Waals surface area contributed by atoms with Gasteiger partial charge in [0.1, 0.15) is 12.4 Å². The van der Waals surface area contributed by atoms with E-state index < -0.39 is 0 Å². The summed E-state index contributed by atoms with van der Waals surface area (Å²) in [5, 5.41) is 3.31. The van der Waals surface area contributed by atoms with Gasteiger partial charge < -0.3 is 14.5 Å². The van der Waals surface area contributed by atoms with Crippen molar-refractivity contribution in [2.45, 2.75) is 65.1 Å². The van der Waals surface area contributed by atoms with Crippen LogP contribution >= 0.6 is 0 Å². The first-order valence-electron chi connectivity index (χ1n) is 6.99. The summed E-state index contributed by atoms with van der Waals surface area (Å²) in [5.41, 5.74) is 0.905. The van der Waals surface area contributed by atoms with Crippen LogP contribution < -0.4 is 10.1 Å². The Labute approximate surface area is 109 Å². The zero-order chi connectivity index (χ0) is 13.0. The molecule has 4 nitrogen and oxygen atoms in total. The van der Waals surface area contributed by atoms with Gasteiger partial charge >= 0.3 is 6.08 Å². The molecule has 0 saturated heterocycles. The molecule has 1 N–H and O–H groups in total. The van der Waals surface area contributed by atoms with Gasteiger partial charge in [-0.15, -0.1) is 0 Å². The van der Waals surface area contributed by atoms with E-state index in [1.54, 1.807) is 6.26 Å². The van der Waals surface area contributed by atoms with Gasteiger partial charge in [-0.3, -0.25) is 0 Å². The Hall–Kier alpha value is -1.03. The standard InChI is InChI=1S/C14H24N2O2/c1-10(2)15-8-12-9-17-14(16-12)18-13-7-5-4-6-11(13)3/h9-11,13,15H,4-8H2,1-3H3. The van der Waals surface area contributed by atoms with Crippen LogP contribution in [0.5, 0.6) is 6.08 Å². The molecule has 4 heteroatoms. The minimum atomic E-state index is 0.267. The molecule has 0 aromatic carbocycles. The van der Waals surface area contributed by atoms with Crippen LogP contribution in [0.1, 0.15) is 52.1 Å². The van der Waals surface area contributed by atoms with Crippen molar-refractivity contribution in [1.29, 1.82) is 0 Å². The molecule has 0 spiro atoms. The number of hydrogen-bond acceptors (Lipinski definition) is 4. The number of hydrogen-bond donors (Lipinski definition) is 1. The molecule has 2 atom stereocenters. The third-order valence-electron chi connectivity index (χ3n) is 3.51. The van der Waals surface area contributed by atoms with Crippen molar-refractivity contribution in [2.24, 2.45) is 5.92 Å². The monoisotopic (exact) mass is 252 g/mol. The minimum absolute atomic E-state index is 0.267. The van der Waals surface area contributed by atoms with Crippen LogP contribution in [0.4, 0.5) is 0 Å². The van der Waals surface area contributed by atoms with Crippen LogP contribution in [-0.4, -0.2) is 17.1 Å². The summed E-state index contributed by atoms with van der Waals surface area (Å²) in [5.74, 6) is 0.600. The SMILES string of the molecule is CC(C)NCc1coc(OC2CCCCC2C)n1. The van der Waals surface area contributed by atoms with Crippen LogP contribution in [0.2, 0.25) is 0 Å². The van der Waals surface area contributed by atoms with Gasteiger partial charge in [-0.2, -0.15) is 4.98 Å². The Bertz CT molecular complexity index is 362. The fourth-order valence-corrected chi connectivity index (χ4v) is 2.32. The summed E-state index contributed by atoms with van der Waals surface area (Å²) in [4.78, 5) is 4.36. The molecule has 0 amide bonds. The molecule has 0 radical (unpaired) electrons. The van der Waals surface area contributed by atoms with E-state index >= 15 is 0 Å². The number of ether oxygens (including phenoxy) is 1. The van der Waals surface area contributed by atoms with Gasteiger partial charge in [0.15, 0.2) is 0 Å². The van der Waals surface area contributed by atoms with E-state index in [-0.39, 0.29) is 6.10 Å². The quantitative estimate of drug-likeness (QED) is 0.874. The molecule has 1 heterocycles. The zero-order valence-electron chi connectivity index (χ0n) is 11.6. The van der Waals surface area contributed by atoms with Crippen molar-refractivity contribution >= 4 is 0 Å². The molecule has 2 rings (SSSR count). The average Bonchev–Trinajstić information content (AvgIpc) is 2.77. The summed E-state index contributed by atoms with van der Waals surface area (Å²) < 4.78 is 11.2. The van der Waals surface area contributed by atoms with Crippen molar-refractivity contribution < 1.29 is 9.15 Å². The summed E-state index contributed by atoms with van der Waals surface area (Å²) in [6.07, 6.45) is 7.29. The van der Waals surface area contributed by atoms with Crippen molar-refractivity contribution in [3.8, 4) is 6.08 Å². The van der Waals surface area contributed by atoms with Crippen molar-refractivity contribution in [2.75, 3.05) is 0 Å². The predicted molar refractivity (Wildman–Crippen MR) is 70.5 cm³/mol. The number of oxazole rings is 1. The Morgan fingerprint density at radius 3 is 2.94 bits per heavy atom. The molecular weight excluding hydrogens is 228 g/mol. The normalized spacial score (nSPS) is 24.4. The lowest BCUT2D eigenvalue weighted by molar-refractivity contribution is 0.0707. The molecule has 1 aromatic rings. The Kier molecular flexibility index (Phi) is 4.64. The fraction of sp³-hybridized carbons (Fsp3) is 0.786. The van der Waals surface area contributed by atoms with Gasteiger partial charge in [-0.1, -0.05) is 27.2 Å². The number of nitrogens with one attached hydrogen (secondary N) is 1. The van der Waals surface area contributed by atoms with Gasteiger partial charge in [0.25, 0.3) is 0 Å². The highest BCUT2D eigenvalue weighted by Crippen LogP contribution is 2.27. The second-order valence-corrected chi connectivity index (χ2v) is 5.56. The minimum Gasteiger partial charge on any atom is -0.447 e. The van der Waals surface area contributed by atoms with Crippen LogP contribution in [0.15, 0.2) is 10.7 Å². The smallest absolute Gasteiger partial charge is 0.394 e. The highest BCUT2D eigenvalue weighted by Gasteiger charge is 2.24. The van der Waals surface area contributed by atoms with E-state index in [1.165, 1.54) is 19.3 Å². The third kappa shape index (κ3) is 3.73. The fourth-order valence-electron chi connectivity index (χ4n) is 2.32. The van der Waals surface area contributed by atoms with Crippen LogP contribution in [0.25, 0.3) is 0 Å². The lowest BCUT2D eigenvalue weighted by Gasteiger charge is -2.27. The van der Waals surface area contributed by atoms with Crippen LogP contribution in [0, 0.1) is 5.92 Å². The van der Waals surface area contributed by atoms with Crippen molar-refractivity contribution in [1.82, 2.24) is 10.3 Å². The highest BCUT2D eigenvalue weighted by molar-refractivity contribution is 5.00. The van der Waals surface area contributed by atoms with Gasteiger partial charge in [-0.25, -0.2) is 0 Å². The first-order chi connectivity index (χ1) is 8.65. The van der Waals surface area contributed by atoms with E-state index in [0.717, 1.165) is 18.7 Å². The molecule has 1 aliphatic rings. The molecule has 1 aliphatic carbocycles. The Balaban J connectivity index is 1.85. The zero-order valence-corrected chi connectivity index (χ0v) is 11.6. The van der Waals surface area contributed by atoms with E-state index in [9.17, 15) is 0 Å². The topological polar surface area (TPSA) is 47.3 Å². The van der Waals surface area contributed by atoms with E-state index in [0.29, 0.717) is 18.0 Å². The number of aromatic nitrogens is 1. The summed E-state index contributed by atoms with van der Waals surface area (Å²) in [6, 6.07) is 0.449. The second-order valence-electron chi connectivity index (χ2n) is 5.56. The summed E-state index contributed by atoms with van der Waals surface area (Å²) in [6.45, 7) is 7.20. The van der Waals surface area contributed by atoms with E-state index in [4.69, 9.17) is 9.15 Å². The Morgan fingerprint density at radius 1 is 1.44 bits per heavy atom. The summed E-state index contributed by atoms with van der Waals surface area (Å²) >= 11 is 0.